The molecule has 116 valence electrons. The molecule has 5 heteroatoms. The summed E-state index contributed by atoms with van der Waals surface area (Å²) >= 11 is 0. The molecule has 0 fully saturated rings. The summed E-state index contributed by atoms with van der Waals surface area (Å²) in [5.41, 5.74) is 2.02. The fourth-order valence-corrected chi connectivity index (χ4v) is 2.11. The van der Waals surface area contributed by atoms with Gasteiger partial charge in [-0.05, 0) is 24.3 Å². The second-order valence-electron chi connectivity index (χ2n) is 4.94. The Kier molecular flexibility index (Phi) is 4.88. The van der Waals surface area contributed by atoms with Gasteiger partial charge in [0.2, 0.25) is 0 Å². The highest BCUT2D eigenvalue weighted by Crippen LogP contribution is 2.30. The van der Waals surface area contributed by atoms with Gasteiger partial charge >= 0.3 is 0 Å². The van der Waals surface area contributed by atoms with Crippen molar-refractivity contribution in [3.8, 4) is 11.5 Å². The van der Waals surface area contributed by atoms with Gasteiger partial charge in [-0.2, -0.15) is 0 Å². The molecule has 2 aromatic rings. The van der Waals surface area contributed by atoms with Crippen LogP contribution in [0.15, 0.2) is 42.5 Å². The Morgan fingerprint density at radius 1 is 1.05 bits per heavy atom. The van der Waals surface area contributed by atoms with Gasteiger partial charge in [0.05, 0.1) is 19.9 Å². The zero-order valence-electron chi connectivity index (χ0n) is 13.2. The number of carbonyl (C=O) groups excluding carboxylic acids is 1. The summed E-state index contributed by atoms with van der Waals surface area (Å²) in [6.45, 7) is 0. The molecule has 0 aliphatic heterocycles. The van der Waals surface area contributed by atoms with E-state index in [9.17, 15) is 4.79 Å². The maximum absolute atomic E-state index is 12.4. The number of rotatable bonds is 5. The normalized spacial score (nSPS) is 10.0. The molecule has 0 heterocycles. The molecule has 0 aliphatic carbocycles. The first-order chi connectivity index (χ1) is 10.6. The van der Waals surface area contributed by atoms with Crippen molar-refractivity contribution in [2.45, 2.75) is 0 Å². The molecule has 1 N–H and O–H groups in total. The Bertz CT molecular complexity index is 669. The number of ether oxygens (including phenoxy) is 2. The molecule has 0 radical (unpaired) electrons. The largest absolute Gasteiger partial charge is 0.497 e. The molecule has 0 bridgehead atoms. The minimum absolute atomic E-state index is 0.122. The fraction of sp³-hybridized carbons (Fsp3) is 0.235. The molecule has 0 spiro atoms. The van der Waals surface area contributed by atoms with Crippen LogP contribution in [0.1, 0.15) is 10.4 Å². The molecular weight excluding hydrogens is 280 g/mol. The minimum atomic E-state index is -0.122. The van der Waals surface area contributed by atoms with Crippen molar-refractivity contribution in [1.82, 2.24) is 4.90 Å². The molecular formula is C17H20N2O3. The van der Waals surface area contributed by atoms with E-state index in [0.29, 0.717) is 17.0 Å². The van der Waals surface area contributed by atoms with E-state index in [4.69, 9.17) is 9.47 Å². The van der Waals surface area contributed by atoms with E-state index in [1.807, 2.05) is 36.4 Å². The van der Waals surface area contributed by atoms with Crippen molar-refractivity contribution >= 4 is 17.3 Å². The summed E-state index contributed by atoms with van der Waals surface area (Å²) in [6, 6.07) is 13.0. The van der Waals surface area contributed by atoms with Crippen molar-refractivity contribution in [3.63, 3.8) is 0 Å². The number of nitrogens with one attached hydrogen (secondary N) is 1. The van der Waals surface area contributed by atoms with Crippen LogP contribution in [0.4, 0.5) is 11.4 Å². The van der Waals surface area contributed by atoms with Gasteiger partial charge in [0, 0.05) is 25.8 Å². The van der Waals surface area contributed by atoms with E-state index in [1.165, 1.54) is 4.90 Å². The lowest BCUT2D eigenvalue weighted by atomic mass is 10.1. The number of methoxy groups -OCH3 is 2. The third kappa shape index (κ3) is 3.31. The Morgan fingerprint density at radius 2 is 1.77 bits per heavy atom. The Morgan fingerprint density at radius 3 is 2.41 bits per heavy atom. The average molecular weight is 300 g/mol. The first kappa shape index (κ1) is 15.7. The van der Waals surface area contributed by atoms with Crippen LogP contribution in [0.2, 0.25) is 0 Å². The molecule has 1 amide bonds. The Labute approximate surface area is 130 Å². The molecule has 0 aromatic heterocycles. The molecule has 22 heavy (non-hydrogen) atoms. The first-order valence-corrected chi connectivity index (χ1v) is 6.86. The lowest BCUT2D eigenvalue weighted by Crippen LogP contribution is -2.23. The molecule has 0 aliphatic rings. The number of hydrogen-bond acceptors (Lipinski definition) is 4. The first-order valence-electron chi connectivity index (χ1n) is 6.86. The van der Waals surface area contributed by atoms with Gasteiger partial charge in [0.15, 0.2) is 0 Å². The van der Waals surface area contributed by atoms with E-state index in [1.54, 1.807) is 34.4 Å². The minimum Gasteiger partial charge on any atom is -0.497 e. The fourth-order valence-electron chi connectivity index (χ4n) is 2.11. The molecule has 5 nitrogen and oxygen atoms in total. The SMILES string of the molecule is COc1cccc(Nc2cccc(OC)c2C(=O)N(C)C)c1. The highest BCUT2D eigenvalue weighted by molar-refractivity contribution is 6.02. The third-order valence-corrected chi connectivity index (χ3v) is 3.21. The van der Waals surface area contributed by atoms with Crippen LogP contribution >= 0.6 is 0 Å². The summed E-state index contributed by atoms with van der Waals surface area (Å²) in [7, 11) is 6.59. The van der Waals surface area contributed by atoms with Crippen LogP contribution in [0.25, 0.3) is 0 Å². The van der Waals surface area contributed by atoms with E-state index in [2.05, 4.69) is 5.32 Å². The summed E-state index contributed by atoms with van der Waals surface area (Å²) in [5, 5.41) is 3.25. The zero-order valence-corrected chi connectivity index (χ0v) is 13.2. The number of carbonyl (C=O) groups is 1. The van der Waals surface area contributed by atoms with Crippen LogP contribution in [-0.4, -0.2) is 39.1 Å². The maximum Gasteiger partial charge on any atom is 0.259 e. The van der Waals surface area contributed by atoms with Crippen LogP contribution in [0, 0.1) is 0 Å². The van der Waals surface area contributed by atoms with Gasteiger partial charge in [0.25, 0.3) is 5.91 Å². The van der Waals surface area contributed by atoms with Gasteiger partial charge in [0.1, 0.15) is 17.1 Å². The molecule has 0 saturated carbocycles. The predicted octanol–water partition coefficient (Wildman–Crippen LogP) is 3.15. The van der Waals surface area contributed by atoms with Crippen molar-refractivity contribution in [3.05, 3.63) is 48.0 Å². The molecule has 0 unspecified atom stereocenters. The zero-order chi connectivity index (χ0) is 16.1. The average Bonchev–Trinajstić information content (AvgIpc) is 2.54. The quantitative estimate of drug-likeness (QED) is 0.921. The lowest BCUT2D eigenvalue weighted by Gasteiger charge is -2.18. The van der Waals surface area contributed by atoms with Crippen molar-refractivity contribution in [1.29, 1.82) is 0 Å². The molecule has 2 rings (SSSR count). The summed E-state index contributed by atoms with van der Waals surface area (Å²) in [6.07, 6.45) is 0. The smallest absolute Gasteiger partial charge is 0.259 e. The third-order valence-electron chi connectivity index (χ3n) is 3.21. The van der Waals surface area contributed by atoms with Crippen molar-refractivity contribution in [2.75, 3.05) is 33.6 Å². The standard InChI is InChI=1S/C17H20N2O3/c1-19(2)17(20)16-14(9-6-10-15(16)22-4)18-12-7-5-8-13(11-12)21-3/h5-11,18H,1-4H3. The number of benzene rings is 2. The number of nitrogens with zero attached hydrogens (tertiary/aromatic N) is 1. The van der Waals surface area contributed by atoms with Gasteiger partial charge < -0.3 is 19.7 Å². The van der Waals surface area contributed by atoms with Gasteiger partial charge in [-0.15, -0.1) is 0 Å². The lowest BCUT2D eigenvalue weighted by molar-refractivity contribution is 0.0825. The van der Waals surface area contributed by atoms with Gasteiger partial charge in [-0.1, -0.05) is 12.1 Å². The summed E-state index contributed by atoms with van der Waals surface area (Å²) < 4.78 is 10.5. The number of hydrogen-bond donors (Lipinski definition) is 1. The van der Waals surface area contributed by atoms with E-state index in [0.717, 1.165) is 11.4 Å². The van der Waals surface area contributed by atoms with Crippen LogP contribution < -0.4 is 14.8 Å². The monoisotopic (exact) mass is 300 g/mol. The molecule has 0 saturated heterocycles. The van der Waals surface area contributed by atoms with Crippen molar-refractivity contribution in [2.24, 2.45) is 0 Å². The number of amides is 1. The van der Waals surface area contributed by atoms with E-state index < -0.39 is 0 Å². The van der Waals surface area contributed by atoms with E-state index in [-0.39, 0.29) is 5.91 Å². The topological polar surface area (TPSA) is 50.8 Å². The summed E-state index contributed by atoms with van der Waals surface area (Å²) in [4.78, 5) is 14.0. The Hall–Kier alpha value is -2.69. The van der Waals surface area contributed by atoms with E-state index >= 15 is 0 Å². The highest BCUT2D eigenvalue weighted by Gasteiger charge is 2.19. The highest BCUT2D eigenvalue weighted by atomic mass is 16.5. The van der Waals surface area contributed by atoms with Crippen LogP contribution in [-0.2, 0) is 0 Å². The van der Waals surface area contributed by atoms with Crippen LogP contribution in [0.5, 0.6) is 11.5 Å². The maximum atomic E-state index is 12.4. The van der Waals surface area contributed by atoms with Crippen molar-refractivity contribution < 1.29 is 14.3 Å². The molecule has 2 aromatic carbocycles. The Balaban J connectivity index is 2.43. The molecule has 0 atom stereocenters. The number of anilines is 2. The second-order valence-corrected chi connectivity index (χ2v) is 4.94. The van der Waals surface area contributed by atoms with Crippen LogP contribution in [0.3, 0.4) is 0 Å². The van der Waals surface area contributed by atoms with Gasteiger partial charge in [-0.3, -0.25) is 4.79 Å². The predicted molar refractivity (Wildman–Crippen MR) is 87.3 cm³/mol. The second kappa shape index (κ2) is 6.85. The van der Waals surface area contributed by atoms with Gasteiger partial charge in [-0.25, -0.2) is 0 Å². The summed E-state index contributed by atoms with van der Waals surface area (Å²) in [5.74, 6) is 1.16.